The minimum Gasteiger partial charge on any atom is -0.404 e. The highest BCUT2D eigenvalue weighted by Gasteiger charge is 2.15. The third-order valence-corrected chi connectivity index (χ3v) is 3.18. The van der Waals surface area contributed by atoms with Crippen molar-refractivity contribution in [1.82, 2.24) is 5.32 Å². The van der Waals surface area contributed by atoms with Crippen molar-refractivity contribution in [2.45, 2.75) is 46.2 Å². The van der Waals surface area contributed by atoms with Crippen LogP contribution in [0.15, 0.2) is 16.5 Å². The highest BCUT2D eigenvalue weighted by atomic mass is 16.6. The van der Waals surface area contributed by atoms with Crippen LogP contribution in [0.3, 0.4) is 0 Å². The molecule has 1 aromatic heterocycles. The first kappa shape index (κ1) is 13.7. The van der Waals surface area contributed by atoms with E-state index in [0.717, 1.165) is 12.8 Å². The Balaban J connectivity index is 2.46. The van der Waals surface area contributed by atoms with E-state index in [0.29, 0.717) is 24.3 Å². The van der Waals surface area contributed by atoms with Gasteiger partial charge in [-0.2, -0.15) is 0 Å². The Morgan fingerprint density at radius 2 is 2.06 bits per heavy atom. The van der Waals surface area contributed by atoms with Crippen LogP contribution in [0.4, 0.5) is 5.88 Å². The maximum atomic E-state index is 10.4. The third-order valence-electron chi connectivity index (χ3n) is 3.18. The van der Waals surface area contributed by atoms with Crippen LogP contribution in [0, 0.1) is 16.0 Å². The molecule has 0 aliphatic carbocycles. The Kier molecular flexibility index (Phi) is 5.15. The van der Waals surface area contributed by atoms with Crippen LogP contribution in [0.1, 0.15) is 39.4 Å². The van der Waals surface area contributed by atoms with E-state index in [1.165, 1.54) is 6.07 Å². The Morgan fingerprint density at radius 3 is 2.53 bits per heavy atom. The summed E-state index contributed by atoms with van der Waals surface area (Å²) in [7, 11) is 0. The Labute approximate surface area is 101 Å². The normalized spacial score (nSPS) is 12.9. The Bertz CT molecular complexity index is 358. The molecule has 1 unspecified atom stereocenters. The molecule has 1 aromatic rings. The average molecular weight is 240 g/mol. The van der Waals surface area contributed by atoms with Crippen LogP contribution in [0.2, 0.25) is 0 Å². The highest BCUT2D eigenvalue weighted by Crippen LogP contribution is 2.17. The van der Waals surface area contributed by atoms with Crippen LogP contribution in [-0.4, -0.2) is 11.0 Å². The molecule has 0 aromatic carbocycles. The molecule has 0 aliphatic heterocycles. The van der Waals surface area contributed by atoms with Crippen molar-refractivity contribution < 1.29 is 9.34 Å². The fourth-order valence-electron chi connectivity index (χ4n) is 1.98. The number of hydrogen-bond donors (Lipinski definition) is 1. The second kappa shape index (κ2) is 6.39. The third kappa shape index (κ3) is 3.85. The van der Waals surface area contributed by atoms with Crippen LogP contribution in [-0.2, 0) is 6.54 Å². The predicted octanol–water partition coefficient (Wildman–Crippen LogP) is 3.10. The molecular weight excluding hydrogens is 220 g/mol. The average Bonchev–Trinajstić information content (AvgIpc) is 2.76. The highest BCUT2D eigenvalue weighted by molar-refractivity contribution is 5.17. The van der Waals surface area contributed by atoms with Gasteiger partial charge in [-0.1, -0.05) is 26.7 Å². The van der Waals surface area contributed by atoms with E-state index >= 15 is 0 Å². The van der Waals surface area contributed by atoms with Gasteiger partial charge in [-0.3, -0.25) is 10.1 Å². The van der Waals surface area contributed by atoms with Gasteiger partial charge in [0.05, 0.1) is 12.6 Å². The van der Waals surface area contributed by atoms with Gasteiger partial charge in [-0.15, -0.1) is 0 Å². The zero-order chi connectivity index (χ0) is 12.8. The fraction of sp³-hybridized carbons (Fsp3) is 0.667. The number of nitro groups is 1. The van der Waals surface area contributed by atoms with Crippen molar-refractivity contribution in [3.63, 3.8) is 0 Å². The van der Waals surface area contributed by atoms with E-state index < -0.39 is 4.92 Å². The van der Waals surface area contributed by atoms with Gasteiger partial charge in [0.25, 0.3) is 0 Å². The molecule has 5 nitrogen and oxygen atoms in total. The monoisotopic (exact) mass is 240 g/mol. The first-order chi connectivity index (χ1) is 8.08. The number of nitrogens with zero attached hydrogens (tertiary/aromatic N) is 1. The van der Waals surface area contributed by atoms with E-state index in [4.69, 9.17) is 4.42 Å². The van der Waals surface area contributed by atoms with Crippen molar-refractivity contribution in [3.8, 4) is 0 Å². The first-order valence-corrected chi connectivity index (χ1v) is 6.04. The van der Waals surface area contributed by atoms with E-state index in [1.54, 1.807) is 6.07 Å². The molecule has 0 amide bonds. The summed E-state index contributed by atoms with van der Waals surface area (Å²) in [6, 6.07) is 3.41. The molecule has 5 heteroatoms. The largest absolute Gasteiger partial charge is 0.433 e. The van der Waals surface area contributed by atoms with E-state index in [-0.39, 0.29) is 5.88 Å². The van der Waals surface area contributed by atoms with Crippen LogP contribution < -0.4 is 5.32 Å². The van der Waals surface area contributed by atoms with Crippen LogP contribution >= 0.6 is 0 Å². The topological polar surface area (TPSA) is 68.3 Å². The summed E-state index contributed by atoms with van der Waals surface area (Å²) in [5.41, 5.74) is 0. The van der Waals surface area contributed by atoms with E-state index in [2.05, 4.69) is 26.1 Å². The molecule has 1 atom stereocenters. The first-order valence-electron chi connectivity index (χ1n) is 6.04. The molecule has 0 radical (unpaired) electrons. The Hall–Kier alpha value is -1.36. The minimum atomic E-state index is -0.520. The zero-order valence-electron chi connectivity index (χ0n) is 10.6. The van der Waals surface area contributed by atoms with Gasteiger partial charge in [-0.25, -0.2) is 0 Å². The maximum Gasteiger partial charge on any atom is 0.433 e. The predicted molar refractivity (Wildman–Crippen MR) is 65.7 cm³/mol. The van der Waals surface area contributed by atoms with Crippen LogP contribution in [0.5, 0.6) is 0 Å². The number of nitrogens with one attached hydrogen (secondary N) is 1. The summed E-state index contributed by atoms with van der Waals surface area (Å²) in [6.07, 6.45) is 2.26. The van der Waals surface area contributed by atoms with Gasteiger partial charge in [0, 0.05) is 6.04 Å². The summed E-state index contributed by atoms with van der Waals surface area (Å²) in [5.74, 6) is 1.03. The van der Waals surface area contributed by atoms with E-state index in [1.807, 2.05) is 0 Å². The lowest BCUT2D eigenvalue weighted by molar-refractivity contribution is -0.402. The fourth-order valence-corrected chi connectivity index (χ4v) is 1.98. The second-order valence-corrected chi connectivity index (χ2v) is 4.24. The van der Waals surface area contributed by atoms with E-state index in [9.17, 15) is 10.1 Å². The lowest BCUT2D eigenvalue weighted by atomic mass is 9.95. The lowest BCUT2D eigenvalue weighted by Crippen LogP contribution is -2.32. The summed E-state index contributed by atoms with van der Waals surface area (Å²) in [4.78, 5) is 9.92. The molecule has 0 fully saturated rings. The molecule has 0 spiro atoms. The van der Waals surface area contributed by atoms with Gasteiger partial charge >= 0.3 is 5.88 Å². The SMILES string of the molecule is CCC(CC)C(C)NCc1ccc([N+](=O)[O-])o1. The number of rotatable bonds is 7. The summed E-state index contributed by atoms with van der Waals surface area (Å²) >= 11 is 0. The molecule has 0 saturated carbocycles. The zero-order valence-corrected chi connectivity index (χ0v) is 10.6. The molecule has 0 saturated heterocycles. The smallest absolute Gasteiger partial charge is 0.404 e. The minimum absolute atomic E-state index is 0.197. The molecule has 96 valence electrons. The van der Waals surface area contributed by atoms with Crippen molar-refractivity contribution in [3.05, 3.63) is 28.0 Å². The lowest BCUT2D eigenvalue weighted by Gasteiger charge is -2.21. The maximum absolute atomic E-state index is 10.4. The molecule has 1 rings (SSSR count). The van der Waals surface area contributed by atoms with Crippen molar-refractivity contribution in [2.24, 2.45) is 5.92 Å². The number of hydrogen-bond acceptors (Lipinski definition) is 4. The molecule has 0 aliphatic rings. The van der Waals surface area contributed by atoms with Gasteiger partial charge in [0.1, 0.15) is 10.7 Å². The Morgan fingerprint density at radius 1 is 1.41 bits per heavy atom. The van der Waals surface area contributed by atoms with Crippen molar-refractivity contribution in [2.75, 3.05) is 0 Å². The van der Waals surface area contributed by atoms with Gasteiger partial charge in [0.15, 0.2) is 0 Å². The second-order valence-electron chi connectivity index (χ2n) is 4.24. The van der Waals surface area contributed by atoms with Crippen molar-refractivity contribution in [1.29, 1.82) is 0 Å². The van der Waals surface area contributed by atoms with Crippen molar-refractivity contribution >= 4 is 5.88 Å². The van der Waals surface area contributed by atoms with Gasteiger partial charge < -0.3 is 9.73 Å². The summed E-state index contributed by atoms with van der Waals surface area (Å²) < 4.78 is 5.08. The van der Waals surface area contributed by atoms with Crippen LogP contribution in [0.25, 0.3) is 0 Å². The summed E-state index contributed by atoms with van der Waals surface area (Å²) in [6.45, 7) is 7.01. The quantitative estimate of drug-likeness (QED) is 0.587. The molecule has 17 heavy (non-hydrogen) atoms. The van der Waals surface area contributed by atoms with Gasteiger partial charge in [-0.05, 0) is 18.9 Å². The molecular formula is C12H20N2O3. The number of furan rings is 1. The molecule has 0 bridgehead atoms. The molecule has 1 heterocycles. The summed E-state index contributed by atoms with van der Waals surface area (Å²) in [5, 5.41) is 13.8. The molecule has 1 N–H and O–H groups in total. The van der Waals surface area contributed by atoms with Gasteiger partial charge in [0.2, 0.25) is 0 Å². The standard InChI is InChI=1S/C12H20N2O3/c1-4-10(5-2)9(3)13-8-11-6-7-12(17-11)14(15)16/h6-7,9-10,13H,4-5,8H2,1-3H3.